The zero-order valence-corrected chi connectivity index (χ0v) is 10.3. The maximum absolute atomic E-state index is 10.7. The van der Waals surface area contributed by atoms with E-state index in [9.17, 15) is 4.79 Å². The third kappa shape index (κ3) is 2.79. The van der Waals surface area contributed by atoms with Gasteiger partial charge in [-0.15, -0.1) is 5.10 Å². The number of aliphatic carboxylic acids is 1. The van der Waals surface area contributed by atoms with Crippen molar-refractivity contribution in [1.29, 1.82) is 0 Å². The van der Waals surface area contributed by atoms with Crippen molar-refractivity contribution in [3.05, 3.63) is 18.2 Å². The molecule has 0 radical (unpaired) electrons. The van der Waals surface area contributed by atoms with Gasteiger partial charge in [0.05, 0.1) is 12.3 Å². The highest BCUT2D eigenvalue weighted by atomic mass is 16.5. The average Bonchev–Trinajstić information content (AvgIpc) is 2.79. The van der Waals surface area contributed by atoms with Gasteiger partial charge in [0.1, 0.15) is 12.3 Å². The molecule has 100 valence electrons. The molecular weight excluding hydrogens is 250 g/mol. The third-order valence-corrected chi connectivity index (χ3v) is 2.38. The van der Waals surface area contributed by atoms with Crippen LogP contribution in [0.1, 0.15) is 6.92 Å². The number of carboxylic acid groups (broad SMARTS) is 1. The average molecular weight is 263 g/mol. The maximum atomic E-state index is 10.7. The highest BCUT2D eigenvalue weighted by Gasteiger charge is 2.13. The van der Waals surface area contributed by atoms with E-state index in [1.54, 1.807) is 18.2 Å². The molecule has 0 fully saturated rings. The number of nitrogens with two attached hydrogens (primary N) is 1. The maximum Gasteiger partial charge on any atom is 0.325 e. The van der Waals surface area contributed by atoms with Crippen LogP contribution in [0.5, 0.6) is 5.75 Å². The summed E-state index contributed by atoms with van der Waals surface area (Å²) >= 11 is 0. The van der Waals surface area contributed by atoms with E-state index in [1.807, 2.05) is 6.92 Å². The van der Waals surface area contributed by atoms with Crippen molar-refractivity contribution in [3.8, 4) is 17.1 Å². The Labute approximate surface area is 108 Å². The van der Waals surface area contributed by atoms with Crippen LogP contribution in [-0.4, -0.2) is 37.9 Å². The highest BCUT2D eigenvalue weighted by molar-refractivity contribution is 5.69. The molecule has 0 atom stereocenters. The Kier molecular flexibility index (Phi) is 3.60. The Hall–Kier alpha value is -2.64. The number of carbonyl (C=O) groups is 1. The second kappa shape index (κ2) is 5.34. The fourth-order valence-corrected chi connectivity index (χ4v) is 1.62. The Morgan fingerprint density at radius 1 is 1.53 bits per heavy atom. The van der Waals surface area contributed by atoms with Crippen LogP contribution in [-0.2, 0) is 11.3 Å². The second-order valence-corrected chi connectivity index (χ2v) is 3.74. The number of hydrogen-bond acceptors (Lipinski definition) is 6. The van der Waals surface area contributed by atoms with Gasteiger partial charge in [-0.25, -0.2) is 4.68 Å². The molecule has 19 heavy (non-hydrogen) atoms. The van der Waals surface area contributed by atoms with Crippen molar-refractivity contribution >= 4 is 11.7 Å². The summed E-state index contributed by atoms with van der Waals surface area (Å²) in [6.45, 7) is 2.07. The molecule has 0 saturated carbocycles. The summed E-state index contributed by atoms with van der Waals surface area (Å²) in [7, 11) is 0. The predicted molar refractivity (Wildman–Crippen MR) is 66.5 cm³/mol. The number of ether oxygens (including phenoxy) is 1. The molecule has 0 unspecified atom stereocenters. The van der Waals surface area contributed by atoms with E-state index in [1.165, 1.54) is 4.68 Å². The minimum Gasteiger partial charge on any atom is -0.492 e. The van der Waals surface area contributed by atoms with Gasteiger partial charge in [-0.1, -0.05) is 0 Å². The number of hydrogen-bond donors (Lipinski definition) is 2. The number of aromatic nitrogens is 4. The fraction of sp³-hybridized carbons (Fsp3) is 0.273. The van der Waals surface area contributed by atoms with Gasteiger partial charge in [0.15, 0.2) is 5.82 Å². The van der Waals surface area contributed by atoms with Crippen LogP contribution in [0.25, 0.3) is 11.4 Å². The number of carboxylic acids is 1. The van der Waals surface area contributed by atoms with Gasteiger partial charge in [-0.05, 0) is 35.5 Å². The van der Waals surface area contributed by atoms with E-state index in [2.05, 4.69) is 15.5 Å². The molecule has 0 bridgehead atoms. The number of nitrogen functional groups attached to an aromatic ring is 1. The summed E-state index contributed by atoms with van der Waals surface area (Å²) in [5, 5.41) is 19.7. The highest BCUT2D eigenvalue weighted by Crippen LogP contribution is 2.27. The molecule has 2 rings (SSSR count). The topological polar surface area (TPSA) is 116 Å². The Bertz CT molecular complexity index is 596. The summed E-state index contributed by atoms with van der Waals surface area (Å²) in [5.74, 6) is -0.104. The minimum atomic E-state index is -1.02. The molecule has 0 aliphatic carbocycles. The number of benzene rings is 1. The standard InChI is InChI=1S/C11H13N5O3/c1-2-19-9-4-3-7(5-8(9)12)11-13-14-15-16(11)6-10(17)18/h3-5H,2,6,12H2,1H3,(H,17,18). The van der Waals surface area contributed by atoms with Gasteiger partial charge in [-0.2, -0.15) is 0 Å². The van der Waals surface area contributed by atoms with Gasteiger partial charge >= 0.3 is 5.97 Å². The van der Waals surface area contributed by atoms with Crippen LogP contribution in [0, 0.1) is 0 Å². The molecule has 0 spiro atoms. The quantitative estimate of drug-likeness (QED) is 0.750. The van der Waals surface area contributed by atoms with Crippen LogP contribution in [0.2, 0.25) is 0 Å². The number of nitrogens with zero attached hydrogens (tertiary/aromatic N) is 4. The first-order valence-corrected chi connectivity index (χ1v) is 5.62. The summed E-state index contributed by atoms with van der Waals surface area (Å²) < 4.78 is 6.52. The van der Waals surface area contributed by atoms with Crippen molar-refractivity contribution in [2.45, 2.75) is 13.5 Å². The monoisotopic (exact) mass is 263 g/mol. The number of rotatable bonds is 5. The van der Waals surface area contributed by atoms with Crippen LogP contribution in [0.4, 0.5) is 5.69 Å². The molecule has 0 aliphatic rings. The Balaban J connectivity index is 2.34. The lowest BCUT2D eigenvalue weighted by atomic mass is 10.2. The van der Waals surface area contributed by atoms with Crippen molar-refractivity contribution in [3.63, 3.8) is 0 Å². The van der Waals surface area contributed by atoms with Crippen molar-refractivity contribution in [2.75, 3.05) is 12.3 Å². The van der Waals surface area contributed by atoms with Crippen molar-refractivity contribution < 1.29 is 14.6 Å². The molecule has 8 nitrogen and oxygen atoms in total. The lowest BCUT2D eigenvalue weighted by molar-refractivity contribution is -0.137. The molecule has 1 heterocycles. The lowest BCUT2D eigenvalue weighted by Crippen LogP contribution is -2.11. The molecule has 2 aromatic rings. The largest absolute Gasteiger partial charge is 0.492 e. The molecule has 0 saturated heterocycles. The van der Waals surface area contributed by atoms with Gasteiger partial charge in [0, 0.05) is 5.56 Å². The third-order valence-electron chi connectivity index (χ3n) is 2.38. The summed E-state index contributed by atoms with van der Waals surface area (Å²) in [5.41, 5.74) is 6.93. The first-order chi connectivity index (χ1) is 9.11. The first-order valence-electron chi connectivity index (χ1n) is 5.62. The number of anilines is 1. The number of tetrazole rings is 1. The Morgan fingerprint density at radius 3 is 2.95 bits per heavy atom. The SMILES string of the molecule is CCOc1ccc(-c2nnnn2CC(=O)O)cc1N. The summed E-state index contributed by atoms with van der Waals surface area (Å²) in [6, 6.07) is 5.08. The summed E-state index contributed by atoms with van der Waals surface area (Å²) in [4.78, 5) is 10.7. The lowest BCUT2D eigenvalue weighted by Gasteiger charge is -2.08. The molecule has 1 aromatic heterocycles. The zero-order chi connectivity index (χ0) is 13.8. The smallest absolute Gasteiger partial charge is 0.325 e. The molecule has 0 amide bonds. The molecule has 0 aliphatic heterocycles. The summed E-state index contributed by atoms with van der Waals surface area (Å²) in [6.07, 6.45) is 0. The van der Waals surface area contributed by atoms with E-state index >= 15 is 0 Å². The van der Waals surface area contributed by atoms with Crippen LogP contribution in [0.15, 0.2) is 18.2 Å². The van der Waals surface area contributed by atoms with Crippen molar-refractivity contribution in [1.82, 2.24) is 20.2 Å². The minimum absolute atomic E-state index is 0.310. The molecule has 3 N–H and O–H groups in total. The van der Waals surface area contributed by atoms with Gasteiger partial charge in [0.2, 0.25) is 0 Å². The van der Waals surface area contributed by atoms with Crippen LogP contribution >= 0.6 is 0 Å². The van der Waals surface area contributed by atoms with E-state index in [-0.39, 0.29) is 6.54 Å². The predicted octanol–water partition coefficient (Wildman–Crippen LogP) is 0.406. The van der Waals surface area contributed by atoms with E-state index in [0.717, 1.165) is 0 Å². The second-order valence-electron chi connectivity index (χ2n) is 3.74. The molecule has 1 aromatic carbocycles. The van der Waals surface area contributed by atoms with Gasteiger partial charge in [-0.3, -0.25) is 4.79 Å². The van der Waals surface area contributed by atoms with E-state index < -0.39 is 5.97 Å². The van der Waals surface area contributed by atoms with Crippen LogP contribution < -0.4 is 10.5 Å². The van der Waals surface area contributed by atoms with Gasteiger partial charge < -0.3 is 15.6 Å². The van der Waals surface area contributed by atoms with Crippen molar-refractivity contribution in [2.24, 2.45) is 0 Å². The Morgan fingerprint density at radius 2 is 2.32 bits per heavy atom. The van der Waals surface area contributed by atoms with E-state index in [4.69, 9.17) is 15.6 Å². The van der Waals surface area contributed by atoms with Gasteiger partial charge in [0.25, 0.3) is 0 Å². The zero-order valence-electron chi connectivity index (χ0n) is 10.3. The first kappa shape index (κ1) is 12.8. The normalized spacial score (nSPS) is 10.4. The van der Waals surface area contributed by atoms with E-state index in [0.29, 0.717) is 29.4 Å². The molecular formula is C11H13N5O3. The fourth-order valence-electron chi connectivity index (χ4n) is 1.62. The van der Waals surface area contributed by atoms with Crippen LogP contribution in [0.3, 0.4) is 0 Å². The molecule has 8 heteroatoms.